The molecule has 1 aliphatic heterocycles. The molecule has 6 heteroatoms. The van der Waals surface area contributed by atoms with Crippen LogP contribution in [0.15, 0.2) is 48.5 Å². The molecule has 0 spiro atoms. The summed E-state index contributed by atoms with van der Waals surface area (Å²) in [4.78, 5) is 28.6. The third-order valence-corrected chi connectivity index (χ3v) is 4.68. The third kappa shape index (κ3) is 5.00. The van der Waals surface area contributed by atoms with E-state index >= 15 is 0 Å². The van der Waals surface area contributed by atoms with E-state index in [1.807, 2.05) is 55.4 Å². The molecule has 2 N–H and O–H groups in total. The average Bonchev–Trinajstić information content (AvgIpc) is 3.21. The zero-order chi connectivity index (χ0) is 19.2. The fourth-order valence-corrected chi connectivity index (χ4v) is 3.11. The predicted molar refractivity (Wildman–Crippen MR) is 110 cm³/mol. The van der Waals surface area contributed by atoms with Gasteiger partial charge in [0, 0.05) is 49.8 Å². The second kappa shape index (κ2) is 8.58. The largest absolute Gasteiger partial charge is 0.378 e. The Morgan fingerprint density at radius 1 is 0.963 bits per heavy atom. The Morgan fingerprint density at radius 2 is 1.59 bits per heavy atom. The molecule has 0 atom stereocenters. The fourth-order valence-electron chi connectivity index (χ4n) is 3.11. The Morgan fingerprint density at radius 3 is 2.19 bits per heavy atom. The second-order valence-electron chi connectivity index (χ2n) is 6.91. The quantitative estimate of drug-likeness (QED) is 0.825. The molecule has 0 radical (unpaired) electrons. The number of nitrogens with zero attached hydrogens (tertiary/aromatic N) is 2. The van der Waals surface area contributed by atoms with Crippen LogP contribution in [0, 0.1) is 0 Å². The van der Waals surface area contributed by atoms with Crippen molar-refractivity contribution in [2.45, 2.75) is 12.8 Å². The number of carbonyl (C=O) groups excluding carboxylic acids is 2. The number of anilines is 3. The highest BCUT2D eigenvalue weighted by Gasteiger charge is 2.13. The van der Waals surface area contributed by atoms with Crippen LogP contribution in [0.3, 0.4) is 0 Å². The van der Waals surface area contributed by atoms with Crippen molar-refractivity contribution in [3.8, 4) is 0 Å². The molecule has 0 aromatic heterocycles. The molecule has 1 aliphatic rings. The molecule has 0 bridgehead atoms. The first-order valence-corrected chi connectivity index (χ1v) is 9.23. The number of rotatable bonds is 6. The van der Waals surface area contributed by atoms with Crippen LogP contribution >= 0.6 is 0 Å². The van der Waals surface area contributed by atoms with Crippen LogP contribution in [-0.2, 0) is 4.79 Å². The van der Waals surface area contributed by atoms with Gasteiger partial charge in [-0.2, -0.15) is 0 Å². The summed E-state index contributed by atoms with van der Waals surface area (Å²) in [6.45, 7) is 2.07. The maximum Gasteiger partial charge on any atom is 0.251 e. The van der Waals surface area contributed by atoms with Gasteiger partial charge in [0.05, 0.1) is 6.54 Å². The van der Waals surface area contributed by atoms with E-state index in [1.165, 1.54) is 12.8 Å². The predicted octanol–water partition coefficient (Wildman–Crippen LogP) is 2.72. The first kappa shape index (κ1) is 18.8. The molecule has 2 aromatic carbocycles. The van der Waals surface area contributed by atoms with E-state index in [-0.39, 0.29) is 18.4 Å². The summed E-state index contributed by atoms with van der Waals surface area (Å²) < 4.78 is 0. The van der Waals surface area contributed by atoms with Crippen LogP contribution in [0.5, 0.6) is 0 Å². The van der Waals surface area contributed by atoms with Gasteiger partial charge in [-0.25, -0.2) is 0 Å². The summed E-state index contributed by atoms with van der Waals surface area (Å²) in [6, 6.07) is 15.1. The highest BCUT2D eigenvalue weighted by Crippen LogP contribution is 2.20. The lowest BCUT2D eigenvalue weighted by Crippen LogP contribution is -2.32. The van der Waals surface area contributed by atoms with E-state index in [2.05, 4.69) is 15.5 Å². The second-order valence-corrected chi connectivity index (χ2v) is 6.91. The number of nitrogens with one attached hydrogen (secondary N) is 2. The van der Waals surface area contributed by atoms with Gasteiger partial charge < -0.3 is 20.4 Å². The van der Waals surface area contributed by atoms with Gasteiger partial charge in [0.25, 0.3) is 5.91 Å². The summed E-state index contributed by atoms with van der Waals surface area (Å²) >= 11 is 0. The minimum atomic E-state index is -0.255. The van der Waals surface area contributed by atoms with E-state index in [0.29, 0.717) is 11.3 Å². The lowest BCUT2D eigenvalue weighted by atomic mass is 10.2. The zero-order valence-electron chi connectivity index (χ0n) is 15.9. The van der Waals surface area contributed by atoms with Gasteiger partial charge in [0.1, 0.15) is 0 Å². The van der Waals surface area contributed by atoms with Crippen LogP contribution in [0.4, 0.5) is 17.1 Å². The Kier molecular flexibility index (Phi) is 5.96. The Bertz CT molecular complexity index is 779. The standard InChI is InChI=1S/C21H26N4O2/c1-24(2)18-11-7-17(8-12-18)23-20(26)15-22-21(27)16-5-9-19(10-6-16)25-13-3-4-14-25/h5-12H,3-4,13-15H2,1-2H3,(H,22,27)(H,23,26). The van der Waals surface area contributed by atoms with Crippen molar-refractivity contribution in [2.75, 3.05) is 48.8 Å². The maximum atomic E-state index is 12.2. The summed E-state index contributed by atoms with van der Waals surface area (Å²) in [5.41, 5.74) is 3.46. The van der Waals surface area contributed by atoms with Gasteiger partial charge in [-0.3, -0.25) is 9.59 Å². The van der Waals surface area contributed by atoms with Crippen molar-refractivity contribution >= 4 is 28.9 Å². The molecule has 27 heavy (non-hydrogen) atoms. The molecule has 6 nitrogen and oxygen atoms in total. The van der Waals surface area contributed by atoms with Crippen LogP contribution < -0.4 is 20.4 Å². The normalized spacial score (nSPS) is 13.3. The molecule has 1 fully saturated rings. The van der Waals surface area contributed by atoms with Crippen molar-refractivity contribution in [1.82, 2.24) is 5.32 Å². The van der Waals surface area contributed by atoms with Crippen molar-refractivity contribution in [2.24, 2.45) is 0 Å². The average molecular weight is 366 g/mol. The molecule has 0 saturated carbocycles. The summed E-state index contributed by atoms with van der Waals surface area (Å²) in [5, 5.41) is 5.45. The number of benzene rings is 2. The van der Waals surface area contributed by atoms with E-state index in [0.717, 1.165) is 24.5 Å². The number of hydrogen-bond donors (Lipinski definition) is 2. The SMILES string of the molecule is CN(C)c1ccc(NC(=O)CNC(=O)c2ccc(N3CCCC3)cc2)cc1. The Balaban J connectivity index is 1.48. The monoisotopic (exact) mass is 366 g/mol. The van der Waals surface area contributed by atoms with Crippen LogP contribution in [0.25, 0.3) is 0 Å². The van der Waals surface area contributed by atoms with E-state index < -0.39 is 0 Å². The molecule has 2 amide bonds. The highest BCUT2D eigenvalue weighted by atomic mass is 16.2. The minimum absolute atomic E-state index is 0.0673. The molecular weight excluding hydrogens is 340 g/mol. The van der Waals surface area contributed by atoms with Gasteiger partial charge in [-0.15, -0.1) is 0 Å². The van der Waals surface area contributed by atoms with Crippen molar-refractivity contribution in [3.63, 3.8) is 0 Å². The van der Waals surface area contributed by atoms with Gasteiger partial charge in [0.2, 0.25) is 5.91 Å². The smallest absolute Gasteiger partial charge is 0.251 e. The van der Waals surface area contributed by atoms with Gasteiger partial charge in [-0.05, 0) is 61.4 Å². The summed E-state index contributed by atoms with van der Waals surface area (Å²) in [7, 11) is 3.92. The maximum absolute atomic E-state index is 12.2. The molecule has 0 aliphatic carbocycles. The van der Waals surface area contributed by atoms with Crippen LogP contribution in [0.2, 0.25) is 0 Å². The van der Waals surface area contributed by atoms with Gasteiger partial charge in [0.15, 0.2) is 0 Å². The molecule has 0 unspecified atom stereocenters. The first-order chi connectivity index (χ1) is 13.0. The Hall–Kier alpha value is -3.02. The van der Waals surface area contributed by atoms with Gasteiger partial charge in [-0.1, -0.05) is 0 Å². The molecule has 3 rings (SSSR count). The van der Waals surface area contributed by atoms with Crippen LogP contribution in [-0.4, -0.2) is 45.5 Å². The number of carbonyl (C=O) groups is 2. The minimum Gasteiger partial charge on any atom is -0.378 e. The third-order valence-electron chi connectivity index (χ3n) is 4.68. The van der Waals surface area contributed by atoms with Crippen molar-refractivity contribution < 1.29 is 9.59 Å². The molecule has 2 aromatic rings. The van der Waals surface area contributed by atoms with E-state index in [1.54, 1.807) is 12.1 Å². The fraction of sp³-hybridized carbons (Fsp3) is 0.333. The number of amides is 2. The van der Waals surface area contributed by atoms with E-state index in [9.17, 15) is 9.59 Å². The Labute approximate surface area is 160 Å². The lowest BCUT2D eigenvalue weighted by molar-refractivity contribution is -0.115. The summed E-state index contributed by atoms with van der Waals surface area (Å²) in [5.74, 6) is -0.504. The van der Waals surface area contributed by atoms with E-state index in [4.69, 9.17) is 0 Å². The first-order valence-electron chi connectivity index (χ1n) is 9.23. The molecule has 142 valence electrons. The number of hydrogen-bond acceptors (Lipinski definition) is 4. The summed E-state index contributed by atoms with van der Waals surface area (Å²) in [6.07, 6.45) is 2.43. The highest BCUT2D eigenvalue weighted by molar-refractivity contribution is 5.99. The molecule has 1 heterocycles. The van der Waals surface area contributed by atoms with Crippen molar-refractivity contribution in [3.05, 3.63) is 54.1 Å². The van der Waals surface area contributed by atoms with Gasteiger partial charge >= 0.3 is 0 Å². The molecular formula is C21H26N4O2. The topological polar surface area (TPSA) is 64.7 Å². The zero-order valence-corrected chi connectivity index (χ0v) is 15.9. The van der Waals surface area contributed by atoms with Crippen LogP contribution in [0.1, 0.15) is 23.2 Å². The van der Waals surface area contributed by atoms with Crippen molar-refractivity contribution in [1.29, 1.82) is 0 Å². The molecule has 1 saturated heterocycles. The lowest BCUT2D eigenvalue weighted by Gasteiger charge is -2.17.